The van der Waals surface area contributed by atoms with Crippen LogP contribution in [0, 0.1) is 20.8 Å². The Morgan fingerprint density at radius 2 is 1.96 bits per heavy atom. The summed E-state index contributed by atoms with van der Waals surface area (Å²) in [4.78, 5) is 38.9. The molecule has 140 valence electrons. The van der Waals surface area contributed by atoms with Gasteiger partial charge in [0.2, 0.25) is 0 Å². The van der Waals surface area contributed by atoms with Crippen molar-refractivity contribution in [2.24, 2.45) is 0 Å². The van der Waals surface area contributed by atoms with E-state index in [0.29, 0.717) is 28.2 Å². The first kappa shape index (κ1) is 19.2. The van der Waals surface area contributed by atoms with E-state index < -0.39 is 17.8 Å². The molecule has 0 spiro atoms. The topological polar surface area (TPSA) is 115 Å². The molecule has 0 saturated heterocycles. The van der Waals surface area contributed by atoms with E-state index in [4.69, 9.17) is 4.74 Å². The lowest BCUT2D eigenvalue weighted by atomic mass is 10.1. The van der Waals surface area contributed by atoms with Crippen molar-refractivity contribution in [2.45, 2.75) is 34.2 Å². The average molecular weight is 362 g/mol. The molecule has 2 aromatic heterocycles. The lowest BCUT2D eigenvalue weighted by Crippen LogP contribution is -2.16. The summed E-state index contributed by atoms with van der Waals surface area (Å²) in [6.45, 7) is 7.03. The average Bonchev–Trinajstić information content (AvgIpc) is 3.08. The molecule has 2 N–H and O–H groups in total. The zero-order valence-electron chi connectivity index (χ0n) is 15.4. The number of nitrogens with one attached hydrogen (secondary N) is 2. The number of hydrogen-bond acceptors (Lipinski definition) is 6. The molecule has 0 aliphatic heterocycles. The summed E-state index contributed by atoms with van der Waals surface area (Å²) in [5, 5.41) is 6.80. The van der Waals surface area contributed by atoms with Crippen LogP contribution in [0.4, 0.5) is 5.69 Å². The van der Waals surface area contributed by atoms with E-state index in [1.165, 1.54) is 18.0 Å². The van der Waals surface area contributed by atoms with Gasteiger partial charge >= 0.3 is 11.9 Å². The molecule has 0 fully saturated rings. The molecule has 2 rings (SSSR count). The van der Waals surface area contributed by atoms with Gasteiger partial charge in [0.1, 0.15) is 12.2 Å². The normalized spacial score (nSPS) is 10.5. The van der Waals surface area contributed by atoms with Crippen molar-refractivity contribution < 1.29 is 23.9 Å². The molecular formula is C17H22N4O5. The van der Waals surface area contributed by atoms with Crippen LogP contribution in [0.2, 0.25) is 0 Å². The number of nitrogens with zero attached hydrogens (tertiary/aromatic N) is 2. The van der Waals surface area contributed by atoms with Crippen LogP contribution < -0.4 is 5.32 Å². The van der Waals surface area contributed by atoms with Crippen LogP contribution in [0.3, 0.4) is 0 Å². The van der Waals surface area contributed by atoms with E-state index in [1.807, 2.05) is 0 Å². The maximum atomic E-state index is 12.6. The Hall–Kier alpha value is -3.10. The van der Waals surface area contributed by atoms with Gasteiger partial charge in [-0.2, -0.15) is 5.10 Å². The minimum Gasteiger partial charge on any atom is -0.468 e. The first-order valence-electron chi connectivity index (χ1n) is 8.06. The van der Waals surface area contributed by atoms with Gasteiger partial charge in [-0.25, -0.2) is 4.79 Å². The number of hydrogen-bond donors (Lipinski definition) is 2. The number of ether oxygens (including phenoxy) is 2. The fraction of sp³-hybridized carbons (Fsp3) is 0.412. The van der Waals surface area contributed by atoms with Crippen molar-refractivity contribution >= 4 is 23.5 Å². The molecule has 2 aromatic rings. The van der Waals surface area contributed by atoms with Crippen LogP contribution in [-0.2, 0) is 20.8 Å². The molecule has 26 heavy (non-hydrogen) atoms. The third-order valence-electron chi connectivity index (χ3n) is 4.00. The second-order valence-electron chi connectivity index (χ2n) is 5.68. The third kappa shape index (κ3) is 3.76. The summed E-state index contributed by atoms with van der Waals surface area (Å²) in [6.07, 6.45) is 1.45. The summed E-state index contributed by atoms with van der Waals surface area (Å²) >= 11 is 0. The number of carbonyl (C=O) groups is 3. The maximum absolute atomic E-state index is 12.6. The number of aromatic nitrogens is 3. The van der Waals surface area contributed by atoms with Gasteiger partial charge in [-0.1, -0.05) is 0 Å². The Bertz CT molecular complexity index is 850. The van der Waals surface area contributed by atoms with Gasteiger partial charge in [0.15, 0.2) is 0 Å². The summed E-state index contributed by atoms with van der Waals surface area (Å²) in [6, 6.07) is 0. The van der Waals surface area contributed by atoms with Gasteiger partial charge in [0.25, 0.3) is 5.91 Å². The Balaban J connectivity index is 2.22. The maximum Gasteiger partial charge on any atom is 0.340 e. The molecule has 9 nitrogen and oxygen atoms in total. The molecule has 0 aliphatic rings. The highest BCUT2D eigenvalue weighted by atomic mass is 16.5. The van der Waals surface area contributed by atoms with Gasteiger partial charge in [-0.15, -0.1) is 0 Å². The molecule has 9 heteroatoms. The van der Waals surface area contributed by atoms with Crippen molar-refractivity contribution in [1.82, 2.24) is 14.8 Å². The summed E-state index contributed by atoms with van der Waals surface area (Å²) < 4.78 is 11.1. The first-order chi connectivity index (χ1) is 12.3. The number of esters is 2. The predicted molar refractivity (Wildman–Crippen MR) is 93.2 cm³/mol. The van der Waals surface area contributed by atoms with E-state index >= 15 is 0 Å². The molecule has 1 amide bonds. The Labute approximate surface area is 150 Å². The highest BCUT2D eigenvalue weighted by Gasteiger charge is 2.23. The van der Waals surface area contributed by atoms with Crippen LogP contribution in [0.5, 0.6) is 0 Å². The smallest absolute Gasteiger partial charge is 0.340 e. The molecule has 0 radical (unpaired) electrons. The zero-order valence-corrected chi connectivity index (χ0v) is 15.4. The number of carbonyl (C=O) groups excluding carboxylic acids is 3. The number of aryl methyl sites for hydroxylation is 1. The van der Waals surface area contributed by atoms with Crippen molar-refractivity contribution in [1.29, 1.82) is 0 Å². The fourth-order valence-corrected chi connectivity index (χ4v) is 2.59. The highest BCUT2D eigenvalue weighted by molar-refractivity contribution is 6.07. The lowest BCUT2D eigenvalue weighted by molar-refractivity contribution is -0.141. The molecular weight excluding hydrogens is 340 g/mol. The minimum atomic E-state index is -0.472. The fourth-order valence-electron chi connectivity index (χ4n) is 2.59. The molecule has 0 bridgehead atoms. The van der Waals surface area contributed by atoms with Crippen molar-refractivity contribution in [3.63, 3.8) is 0 Å². The van der Waals surface area contributed by atoms with E-state index in [-0.39, 0.29) is 18.8 Å². The SMILES string of the molecule is CCOC(=O)c1c(C)[nH]c(C(=O)Nc2cnn(CC(=O)OC)c2C)c1C. The number of aromatic amines is 1. The lowest BCUT2D eigenvalue weighted by Gasteiger charge is -2.06. The number of amides is 1. The van der Waals surface area contributed by atoms with Crippen LogP contribution in [0.15, 0.2) is 6.20 Å². The summed E-state index contributed by atoms with van der Waals surface area (Å²) in [5.74, 6) is -1.33. The van der Waals surface area contributed by atoms with Crippen LogP contribution in [-0.4, -0.2) is 46.3 Å². The number of methoxy groups -OCH3 is 1. The zero-order chi connectivity index (χ0) is 19.4. The highest BCUT2D eigenvalue weighted by Crippen LogP contribution is 2.21. The van der Waals surface area contributed by atoms with Crippen LogP contribution in [0.1, 0.15) is 44.7 Å². The minimum absolute atomic E-state index is 0.0498. The first-order valence-corrected chi connectivity index (χ1v) is 8.06. The summed E-state index contributed by atoms with van der Waals surface area (Å²) in [7, 11) is 1.29. The molecule has 2 heterocycles. The molecule has 0 unspecified atom stereocenters. The van der Waals surface area contributed by atoms with Crippen molar-refractivity contribution in [2.75, 3.05) is 19.0 Å². The molecule has 0 saturated carbocycles. The predicted octanol–water partition coefficient (Wildman–Crippen LogP) is 1.74. The van der Waals surface area contributed by atoms with Gasteiger partial charge < -0.3 is 19.8 Å². The van der Waals surface area contributed by atoms with E-state index in [2.05, 4.69) is 20.1 Å². The molecule has 0 aromatic carbocycles. The Morgan fingerprint density at radius 3 is 2.58 bits per heavy atom. The Kier molecular flexibility index (Phi) is 5.81. The van der Waals surface area contributed by atoms with Gasteiger partial charge in [0, 0.05) is 5.69 Å². The van der Waals surface area contributed by atoms with E-state index in [0.717, 1.165) is 0 Å². The van der Waals surface area contributed by atoms with E-state index in [9.17, 15) is 14.4 Å². The van der Waals surface area contributed by atoms with Crippen molar-refractivity contribution in [3.05, 3.63) is 34.4 Å². The molecule has 0 aliphatic carbocycles. The third-order valence-corrected chi connectivity index (χ3v) is 4.00. The van der Waals surface area contributed by atoms with Crippen LogP contribution >= 0.6 is 0 Å². The summed E-state index contributed by atoms with van der Waals surface area (Å²) in [5.41, 5.74) is 2.77. The quantitative estimate of drug-likeness (QED) is 0.756. The van der Waals surface area contributed by atoms with Crippen LogP contribution in [0.25, 0.3) is 0 Å². The second kappa shape index (κ2) is 7.85. The van der Waals surface area contributed by atoms with Crippen molar-refractivity contribution in [3.8, 4) is 0 Å². The molecule has 0 atom stereocenters. The second-order valence-corrected chi connectivity index (χ2v) is 5.68. The number of H-pyrrole nitrogens is 1. The van der Waals surface area contributed by atoms with E-state index in [1.54, 1.807) is 27.7 Å². The van der Waals surface area contributed by atoms with Gasteiger partial charge in [0.05, 0.1) is 36.9 Å². The van der Waals surface area contributed by atoms with Gasteiger partial charge in [-0.05, 0) is 33.3 Å². The number of rotatable bonds is 6. The van der Waals surface area contributed by atoms with Gasteiger partial charge in [-0.3, -0.25) is 14.3 Å². The monoisotopic (exact) mass is 362 g/mol. The number of anilines is 1. The Morgan fingerprint density at radius 1 is 1.27 bits per heavy atom. The largest absolute Gasteiger partial charge is 0.468 e. The standard InChI is InChI=1S/C17H22N4O5/c1-6-26-17(24)14-9(2)15(19-10(14)3)16(23)20-12-7-18-21(11(12)4)8-13(22)25-5/h7,19H,6,8H2,1-5H3,(H,20,23).